The van der Waals surface area contributed by atoms with Crippen LogP contribution in [0.2, 0.25) is 0 Å². The third kappa shape index (κ3) is 5.64. The van der Waals surface area contributed by atoms with Crippen LogP contribution in [-0.2, 0) is 6.42 Å². The number of hydrogen-bond acceptors (Lipinski definition) is 0. The number of aryl methyl sites for hydroxylation is 1. The van der Waals surface area contributed by atoms with Crippen molar-refractivity contribution in [2.24, 2.45) is 0 Å². The van der Waals surface area contributed by atoms with Crippen LogP contribution in [0.4, 0.5) is 0 Å². The summed E-state index contributed by atoms with van der Waals surface area (Å²) in [5.41, 5.74) is 6.65. The molecule has 0 aliphatic heterocycles. The highest BCUT2D eigenvalue weighted by Crippen LogP contribution is 2.41. The maximum atomic E-state index is 2.42. The van der Waals surface area contributed by atoms with Gasteiger partial charge in [-0.25, -0.2) is 0 Å². The van der Waals surface area contributed by atoms with E-state index in [9.17, 15) is 0 Å². The molecule has 0 nitrogen and oxygen atoms in total. The van der Waals surface area contributed by atoms with Crippen molar-refractivity contribution >= 4 is 32.3 Å². The number of hydrogen-bond donors (Lipinski definition) is 0. The van der Waals surface area contributed by atoms with Crippen molar-refractivity contribution in [2.75, 3.05) is 0 Å². The molecule has 0 aromatic heterocycles. The molecule has 0 spiro atoms. The summed E-state index contributed by atoms with van der Waals surface area (Å²) in [4.78, 5) is 0. The Labute approximate surface area is 240 Å². The van der Waals surface area contributed by atoms with Gasteiger partial charge in [0.15, 0.2) is 0 Å². The van der Waals surface area contributed by atoms with Crippen molar-refractivity contribution in [2.45, 2.75) is 77.6 Å². The van der Waals surface area contributed by atoms with Gasteiger partial charge in [0, 0.05) is 0 Å². The average molecular weight is 523 g/mol. The van der Waals surface area contributed by atoms with Crippen LogP contribution < -0.4 is 0 Å². The lowest BCUT2D eigenvalue weighted by Gasteiger charge is -2.17. The SMILES string of the molecule is CCCCCCCCCCCCc1ccc2cc(-c3ccc(-c4ccccc4)cc3)c3cccc4ccc1c2c43. The van der Waals surface area contributed by atoms with Gasteiger partial charge in [-0.3, -0.25) is 0 Å². The topological polar surface area (TPSA) is 0 Å². The highest BCUT2D eigenvalue weighted by atomic mass is 14.2. The summed E-state index contributed by atoms with van der Waals surface area (Å²) < 4.78 is 0. The average Bonchev–Trinajstić information content (AvgIpc) is 3.01. The second-order valence-electron chi connectivity index (χ2n) is 11.6. The highest BCUT2D eigenvalue weighted by molar-refractivity contribution is 6.26. The molecule has 0 atom stereocenters. The van der Waals surface area contributed by atoms with E-state index in [1.165, 1.54) is 131 Å². The highest BCUT2D eigenvalue weighted by Gasteiger charge is 2.15. The second kappa shape index (κ2) is 12.7. The van der Waals surface area contributed by atoms with Crippen LogP contribution in [0.5, 0.6) is 0 Å². The van der Waals surface area contributed by atoms with Gasteiger partial charge in [0.25, 0.3) is 0 Å². The van der Waals surface area contributed by atoms with Crippen LogP contribution in [0, 0.1) is 0 Å². The van der Waals surface area contributed by atoms with Crippen molar-refractivity contribution in [3.05, 3.63) is 109 Å². The van der Waals surface area contributed by atoms with Gasteiger partial charge >= 0.3 is 0 Å². The first kappa shape index (κ1) is 26.6. The Morgan fingerprint density at radius 1 is 0.425 bits per heavy atom. The summed E-state index contributed by atoms with van der Waals surface area (Å²) in [5, 5.41) is 8.37. The zero-order chi connectivity index (χ0) is 27.1. The third-order valence-corrected chi connectivity index (χ3v) is 8.84. The first-order chi connectivity index (χ1) is 19.8. The lowest BCUT2D eigenvalue weighted by atomic mass is 9.86. The third-order valence-electron chi connectivity index (χ3n) is 8.84. The first-order valence-electron chi connectivity index (χ1n) is 15.7. The summed E-state index contributed by atoms with van der Waals surface area (Å²) in [5.74, 6) is 0. The second-order valence-corrected chi connectivity index (χ2v) is 11.6. The van der Waals surface area contributed by atoms with Gasteiger partial charge in [-0.15, -0.1) is 0 Å². The molecule has 6 aromatic carbocycles. The summed E-state index contributed by atoms with van der Waals surface area (Å²) in [6.45, 7) is 2.30. The molecule has 0 saturated heterocycles. The van der Waals surface area contributed by atoms with Crippen LogP contribution in [0.25, 0.3) is 54.6 Å². The fourth-order valence-electron chi connectivity index (χ4n) is 6.62. The van der Waals surface area contributed by atoms with Gasteiger partial charge < -0.3 is 0 Å². The summed E-state index contributed by atoms with van der Waals surface area (Å²) in [6.07, 6.45) is 15.0. The molecule has 0 amide bonds. The lowest BCUT2D eigenvalue weighted by Crippen LogP contribution is -1.93. The summed E-state index contributed by atoms with van der Waals surface area (Å²) in [7, 11) is 0. The largest absolute Gasteiger partial charge is 0.0654 e. The minimum Gasteiger partial charge on any atom is -0.0654 e. The molecular weight excluding hydrogens is 480 g/mol. The molecule has 0 radical (unpaired) electrons. The van der Waals surface area contributed by atoms with E-state index >= 15 is 0 Å². The van der Waals surface area contributed by atoms with E-state index in [1.54, 1.807) is 0 Å². The molecule has 40 heavy (non-hydrogen) atoms. The molecule has 6 rings (SSSR count). The lowest BCUT2D eigenvalue weighted by molar-refractivity contribution is 0.556. The maximum Gasteiger partial charge on any atom is -0.00205 e. The van der Waals surface area contributed by atoms with Crippen LogP contribution in [-0.4, -0.2) is 0 Å². The molecule has 0 bridgehead atoms. The Hall–Kier alpha value is -3.64. The Kier molecular flexibility index (Phi) is 8.43. The molecule has 6 aromatic rings. The van der Waals surface area contributed by atoms with Crippen molar-refractivity contribution in [3.63, 3.8) is 0 Å². The molecule has 0 fully saturated rings. The first-order valence-corrected chi connectivity index (χ1v) is 15.7. The molecule has 0 unspecified atom stereocenters. The normalized spacial score (nSPS) is 11.7. The molecular formula is C40H42. The fraction of sp³-hybridized carbons (Fsp3) is 0.300. The fourth-order valence-corrected chi connectivity index (χ4v) is 6.62. The summed E-state index contributed by atoms with van der Waals surface area (Å²) in [6, 6.07) is 38.5. The number of unbranched alkanes of at least 4 members (excludes halogenated alkanes) is 9. The molecule has 0 saturated carbocycles. The van der Waals surface area contributed by atoms with Crippen molar-refractivity contribution in [3.8, 4) is 22.3 Å². The minimum absolute atomic E-state index is 1.18. The van der Waals surface area contributed by atoms with Crippen molar-refractivity contribution < 1.29 is 0 Å². The minimum atomic E-state index is 1.18. The molecule has 0 aliphatic carbocycles. The smallest absolute Gasteiger partial charge is 0.00205 e. The van der Waals surface area contributed by atoms with Crippen LogP contribution in [0.3, 0.4) is 0 Å². The van der Waals surface area contributed by atoms with Crippen molar-refractivity contribution in [1.29, 1.82) is 0 Å². The van der Waals surface area contributed by atoms with Crippen LogP contribution in [0.15, 0.2) is 103 Å². The summed E-state index contributed by atoms with van der Waals surface area (Å²) >= 11 is 0. The number of rotatable bonds is 13. The van der Waals surface area contributed by atoms with E-state index in [4.69, 9.17) is 0 Å². The van der Waals surface area contributed by atoms with E-state index in [-0.39, 0.29) is 0 Å². The van der Waals surface area contributed by atoms with Gasteiger partial charge in [0.1, 0.15) is 0 Å². The molecule has 0 heterocycles. The predicted octanol–water partition coefficient (Wildman–Crippen LogP) is 12.4. The predicted molar refractivity (Wildman–Crippen MR) is 177 cm³/mol. The Bertz CT molecular complexity index is 1660. The molecule has 202 valence electrons. The maximum absolute atomic E-state index is 2.42. The molecule has 0 N–H and O–H groups in total. The standard InChI is InChI=1S/C40H42/c1-2-3-4-5-6-7-8-9-10-12-18-32-25-26-35-29-38(33-23-21-31(22-24-33)30-16-13-11-14-17-30)37-20-15-19-34-27-28-36(32)40(35)39(34)37/h11,13-17,19-29H,2-10,12,18H2,1H3. The Morgan fingerprint density at radius 2 is 1.05 bits per heavy atom. The zero-order valence-corrected chi connectivity index (χ0v) is 24.1. The van der Waals surface area contributed by atoms with Gasteiger partial charge in [-0.2, -0.15) is 0 Å². The Balaban J connectivity index is 1.23. The van der Waals surface area contributed by atoms with E-state index in [2.05, 4.69) is 110 Å². The van der Waals surface area contributed by atoms with Gasteiger partial charge in [0.2, 0.25) is 0 Å². The number of benzene rings is 6. The van der Waals surface area contributed by atoms with Gasteiger partial charge in [-0.05, 0) is 79.0 Å². The van der Waals surface area contributed by atoms with Gasteiger partial charge in [0.05, 0.1) is 0 Å². The molecule has 0 aliphatic rings. The van der Waals surface area contributed by atoms with Crippen LogP contribution >= 0.6 is 0 Å². The quantitative estimate of drug-likeness (QED) is 0.104. The zero-order valence-electron chi connectivity index (χ0n) is 24.1. The van der Waals surface area contributed by atoms with E-state index < -0.39 is 0 Å². The van der Waals surface area contributed by atoms with E-state index in [0.29, 0.717) is 0 Å². The monoisotopic (exact) mass is 522 g/mol. The van der Waals surface area contributed by atoms with Crippen LogP contribution in [0.1, 0.15) is 76.7 Å². The van der Waals surface area contributed by atoms with E-state index in [0.717, 1.165) is 0 Å². The Morgan fingerprint density at radius 3 is 1.80 bits per heavy atom. The van der Waals surface area contributed by atoms with E-state index in [1.807, 2.05) is 0 Å². The van der Waals surface area contributed by atoms with Crippen molar-refractivity contribution in [1.82, 2.24) is 0 Å². The van der Waals surface area contributed by atoms with Gasteiger partial charge in [-0.1, -0.05) is 162 Å². The molecule has 0 heteroatoms.